The molecule has 2 rings (SSSR count). The lowest BCUT2D eigenvalue weighted by Crippen LogP contribution is -2.38. The normalized spacial score (nSPS) is 18.3. The van der Waals surface area contributed by atoms with E-state index in [0.29, 0.717) is 12.3 Å². The van der Waals surface area contributed by atoms with Crippen LogP contribution >= 0.6 is 15.9 Å². The van der Waals surface area contributed by atoms with Crippen molar-refractivity contribution >= 4 is 15.9 Å². The zero-order chi connectivity index (χ0) is 14.0. The van der Waals surface area contributed by atoms with E-state index in [4.69, 9.17) is 10.5 Å². The monoisotopic (exact) mass is 327 g/mol. The molecule has 19 heavy (non-hydrogen) atoms. The molecule has 0 aromatic heterocycles. The number of aromatic hydroxyl groups is 1. The molecule has 1 aliphatic rings. The van der Waals surface area contributed by atoms with Crippen LogP contribution in [0, 0.1) is 6.92 Å². The van der Waals surface area contributed by atoms with Crippen LogP contribution in [0.5, 0.6) is 11.5 Å². The number of nitrogens with two attached hydrogens (primary N) is 1. The standard InChI is InChI=1S/C15H22BrNO2/c1-10-11(16)8-12(18)14(19-2)13(10)15(9-17)6-4-3-5-7-15/h8,18H,3-7,9,17H2,1-2H3. The van der Waals surface area contributed by atoms with Gasteiger partial charge in [0, 0.05) is 22.0 Å². The number of methoxy groups -OCH3 is 1. The summed E-state index contributed by atoms with van der Waals surface area (Å²) in [7, 11) is 1.61. The maximum atomic E-state index is 10.1. The van der Waals surface area contributed by atoms with E-state index in [1.54, 1.807) is 13.2 Å². The van der Waals surface area contributed by atoms with E-state index < -0.39 is 0 Å². The highest BCUT2D eigenvalue weighted by Crippen LogP contribution is 2.48. The molecule has 1 fully saturated rings. The SMILES string of the molecule is COc1c(O)cc(Br)c(C)c1C1(CN)CCCCC1. The van der Waals surface area contributed by atoms with Crippen LogP contribution in [0.1, 0.15) is 43.2 Å². The number of halogens is 1. The van der Waals surface area contributed by atoms with Gasteiger partial charge in [-0.2, -0.15) is 0 Å². The van der Waals surface area contributed by atoms with Crippen molar-refractivity contribution in [2.24, 2.45) is 5.73 Å². The topological polar surface area (TPSA) is 55.5 Å². The first-order chi connectivity index (χ1) is 9.05. The summed E-state index contributed by atoms with van der Waals surface area (Å²) in [4.78, 5) is 0. The lowest BCUT2D eigenvalue weighted by Gasteiger charge is -2.39. The molecule has 1 aromatic rings. The van der Waals surface area contributed by atoms with Gasteiger partial charge in [-0.1, -0.05) is 35.2 Å². The quantitative estimate of drug-likeness (QED) is 0.891. The van der Waals surface area contributed by atoms with Gasteiger partial charge in [0.05, 0.1) is 7.11 Å². The predicted molar refractivity (Wildman–Crippen MR) is 80.9 cm³/mol. The van der Waals surface area contributed by atoms with Gasteiger partial charge in [-0.25, -0.2) is 0 Å². The van der Waals surface area contributed by atoms with Crippen LogP contribution < -0.4 is 10.5 Å². The summed E-state index contributed by atoms with van der Waals surface area (Å²) in [6, 6.07) is 1.70. The molecule has 0 radical (unpaired) electrons. The Bertz CT molecular complexity index is 468. The molecule has 3 nitrogen and oxygen atoms in total. The van der Waals surface area contributed by atoms with E-state index in [1.807, 2.05) is 0 Å². The fourth-order valence-corrected chi connectivity index (χ4v) is 3.76. The van der Waals surface area contributed by atoms with Crippen LogP contribution in [0.2, 0.25) is 0 Å². The average molecular weight is 328 g/mol. The third-order valence-electron chi connectivity index (χ3n) is 4.39. The van der Waals surface area contributed by atoms with E-state index in [2.05, 4.69) is 22.9 Å². The molecule has 0 bridgehead atoms. The Hall–Kier alpha value is -0.740. The molecule has 0 spiro atoms. The summed E-state index contributed by atoms with van der Waals surface area (Å²) >= 11 is 3.52. The van der Waals surface area contributed by atoms with E-state index >= 15 is 0 Å². The van der Waals surface area contributed by atoms with Gasteiger partial charge < -0.3 is 15.6 Å². The van der Waals surface area contributed by atoms with Crippen molar-refractivity contribution < 1.29 is 9.84 Å². The molecule has 106 valence electrons. The molecule has 4 heteroatoms. The first kappa shape index (κ1) is 14.7. The van der Waals surface area contributed by atoms with Crippen molar-refractivity contribution in [2.45, 2.75) is 44.4 Å². The lowest BCUT2D eigenvalue weighted by atomic mass is 9.68. The van der Waals surface area contributed by atoms with Crippen molar-refractivity contribution in [1.29, 1.82) is 0 Å². The summed E-state index contributed by atoms with van der Waals surface area (Å²) in [5.74, 6) is 0.779. The molecule has 0 heterocycles. The Kier molecular flexibility index (Phi) is 4.41. The Morgan fingerprint density at radius 3 is 2.53 bits per heavy atom. The van der Waals surface area contributed by atoms with Crippen LogP contribution in [0.3, 0.4) is 0 Å². The first-order valence-corrected chi connectivity index (χ1v) is 7.61. The maximum Gasteiger partial charge on any atom is 0.164 e. The van der Waals surface area contributed by atoms with Crippen molar-refractivity contribution in [1.82, 2.24) is 0 Å². The molecule has 0 unspecified atom stereocenters. The molecule has 1 aromatic carbocycles. The van der Waals surface area contributed by atoms with Gasteiger partial charge in [0.15, 0.2) is 11.5 Å². The minimum Gasteiger partial charge on any atom is -0.504 e. The van der Waals surface area contributed by atoms with Crippen molar-refractivity contribution in [3.05, 3.63) is 21.7 Å². The zero-order valence-corrected chi connectivity index (χ0v) is 13.2. The molecule has 1 saturated carbocycles. The van der Waals surface area contributed by atoms with E-state index in [-0.39, 0.29) is 11.2 Å². The van der Waals surface area contributed by atoms with Crippen molar-refractivity contribution in [3.8, 4) is 11.5 Å². The smallest absolute Gasteiger partial charge is 0.164 e. The van der Waals surface area contributed by atoms with Gasteiger partial charge in [-0.3, -0.25) is 0 Å². The Morgan fingerprint density at radius 2 is 2.00 bits per heavy atom. The number of benzene rings is 1. The van der Waals surface area contributed by atoms with Crippen molar-refractivity contribution in [3.63, 3.8) is 0 Å². The molecule has 1 aliphatic carbocycles. The van der Waals surface area contributed by atoms with Gasteiger partial charge in [-0.05, 0) is 31.4 Å². The van der Waals surface area contributed by atoms with E-state index in [9.17, 15) is 5.11 Å². The van der Waals surface area contributed by atoms with Crippen LogP contribution in [-0.4, -0.2) is 18.8 Å². The number of hydrogen-bond acceptors (Lipinski definition) is 3. The highest BCUT2D eigenvalue weighted by molar-refractivity contribution is 9.10. The van der Waals surface area contributed by atoms with Gasteiger partial charge in [0.1, 0.15) is 0 Å². The van der Waals surface area contributed by atoms with Crippen LogP contribution in [0.25, 0.3) is 0 Å². The number of hydrogen-bond donors (Lipinski definition) is 2. The summed E-state index contributed by atoms with van der Waals surface area (Å²) in [6.07, 6.45) is 5.77. The minimum absolute atomic E-state index is 0.0606. The number of phenols is 1. The van der Waals surface area contributed by atoms with Gasteiger partial charge in [0.2, 0.25) is 0 Å². The average Bonchev–Trinajstić information content (AvgIpc) is 2.43. The molecule has 0 saturated heterocycles. The summed E-state index contributed by atoms with van der Waals surface area (Å²) in [6.45, 7) is 2.66. The second-order valence-corrected chi connectivity index (χ2v) is 6.31. The summed E-state index contributed by atoms with van der Waals surface area (Å²) in [5, 5.41) is 10.1. The third-order valence-corrected chi connectivity index (χ3v) is 5.22. The molecular weight excluding hydrogens is 306 g/mol. The molecule has 0 aliphatic heterocycles. The first-order valence-electron chi connectivity index (χ1n) is 6.82. The second-order valence-electron chi connectivity index (χ2n) is 5.46. The van der Waals surface area contributed by atoms with E-state index in [0.717, 1.165) is 28.4 Å². The number of ether oxygens (including phenoxy) is 1. The van der Waals surface area contributed by atoms with Crippen molar-refractivity contribution in [2.75, 3.05) is 13.7 Å². The lowest BCUT2D eigenvalue weighted by molar-refractivity contribution is 0.281. The van der Waals surface area contributed by atoms with Crippen LogP contribution in [0.4, 0.5) is 0 Å². The summed E-state index contributed by atoms with van der Waals surface area (Å²) in [5.41, 5.74) is 8.26. The summed E-state index contributed by atoms with van der Waals surface area (Å²) < 4.78 is 6.38. The van der Waals surface area contributed by atoms with Gasteiger partial charge in [-0.15, -0.1) is 0 Å². The Morgan fingerprint density at radius 1 is 1.37 bits per heavy atom. The highest BCUT2D eigenvalue weighted by atomic mass is 79.9. The number of phenolic OH excluding ortho intramolecular Hbond substituents is 1. The van der Waals surface area contributed by atoms with Crippen LogP contribution in [0.15, 0.2) is 10.5 Å². The largest absolute Gasteiger partial charge is 0.504 e. The fourth-order valence-electron chi connectivity index (χ4n) is 3.34. The zero-order valence-electron chi connectivity index (χ0n) is 11.6. The molecule has 3 N–H and O–H groups in total. The van der Waals surface area contributed by atoms with E-state index in [1.165, 1.54) is 19.3 Å². The number of rotatable bonds is 3. The fraction of sp³-hybridized carbons (Fsp3) is 0.600. The Labute approximate surface area is 123 Å². The van der Waals surface area contributed by atoms with Gasteiger partial charge >= 0.3 is 0 Å². The molecule has 0 amide bonds. The van der Waals surface area contributed by atoms with Crippen LogP contribution in [-0.2, 0) is 5.41 Å². The molecule has 0 atom stereocenters. The minimum atomic E-state index is -0.0606. The van der Waals surface area contributed by atoms with Gasteiger partial charge in [0.25, 0.3) is 0 Å². The second kappa shape index (κ2) is 5.71. The predicted octanol–water partition coefficient (Wildman–Crippen LogP) is 3.63. The highest BCUT2D eigenvalue weighted by Gasteiger charge is 2.37. The Balaban J connectivity index is 2.64. The molecular formula is C15H22BrNO2. The third kappa shape index (κ3) is 2.48. The maximum absolute atomic E-state index is 10.1.